The number of pyridine rings is 1. The van der Waals surface area contributed by atoms with Crippen LogP contribution < -0.4 is 16.9 Å². The predicted molar refractivity (Wildman–Crippen MR) is 58.7 cm³/mol. The average molecular weight is 223 g/mol. The Hall–Kier alpha value is -2.31. The number of hydrogen-bond donors (Lipinski definition) is 4. The molecule has 1 aromatic rings. The normalized spacial score (nSPS) is 9.56. The fraction of sp³-hybridized carbons (Fsp3) is 0.222. The Labute approximate surface area is 92.2 Å². The highest BCUT2D eigenvalue weighted by Crippen LogP contribution is 2.22. The number of rotatable bonds is 4. The lowest BCUT2D eigenvalue weighted by molar-refractivity contribution is 0.112. The molecule has 1 aromatic heterocycles. The molecule has 0 bridgehead atoms. The van der Waals surface area contributed by atoms with Crippen molar-refractivity contribution in [3.63, 3.8) is 0 Å². The predicted octanol–water partition coefficient (Wildman–Crippen LogP) is -0.814. The summed E-state index contributed by atoms with van der Waals surface area (Å²) in [7, 11) is 0. The molecule has 0 amide bonds. The summed E-state index contributed by atoms with van der Waals surface area (Å²) in [5, 5.41) is 13.2. The van der Waals surface area contributed by atoms with E-state index in [1.807, 2.05) is 0 Å². The van der Waals surface area contributed by atoms with Crippen LogP contribution in [-0.4, -0.2) is 22.3 Å². The number of carbonyl (C=O) groups excluding carboxylic acids is 1. The number of hydrazone groups is 1. The van der Waals surface area contributed by atoms with Crippen molar-refractivity contribution in [1.82, 2.24) is 10.4 Å². The highest BCUT2D eigenvalue weighted by molar-refractivity contribution is 5.78. The number of aromatic hydroxyl groups is 1. The third-order valence-corrected chi connectivity index (χ3v) is 1.97. The van der Waals surface area contributed by atoms with Gasteiger partial charge in [0.25, 0.3) is 0 Å². The van der Waals surface area contributed by atoms with E-state index in [2.05, 4.69) is 15.5 Å². The summed E-state index contributed by atoms with van der Waals surface area (Å²) in [5.41, 5.74) is 13.9. The molecule has 0 aliphatic carbocycles. The lowest BCUT2D eigenvalue weighted by Crippen LogP contribution is -2.26. The maximum Gasteiger partial charge on any atom is 0.208 e. The Morgan fingerprint density at radius 2 is 2.38 bits per heavy atom. The molecule has 0 aliphatic rings. The lowest BCUT2D eigenvalue weighted by atomic mass is 10.1. The minimum absolute atomic E-state index is 0.0390. The van der Waals surface area contributed by atoms with Crippen LogP contribution in [0.15, 0.2) is 11.3 Å². The van der Waals surface area contributed by atoms with Gasteiger partial charge in [-0.1, -0.05) is 0 Å². The Morgan fingerprint density at radius 1 is 1.69 bits per heavy atom. The first-order valence-electron chi connectivity index (χ1n) is 4.50. The molecule has 86 valence electrons. The smallest absolute Gasteiger partial charge is 0.208 e. The largest absolute Gasteiger partial charge is 0.506 e. The molecule has 0 aliphatic heterocycles. The molecule has 6 N–H and O–H groups in total. The highest BCUT2D eigenvalue weighted by atomic mass is 16.3. The topological polar surface area (TPSA) is 127 Å². The van der Waals surface area contributed by atoms with Crippen molar-refractivity contribution >= 4 is 12.2 Å². The quantitative estimate of drug-likeness (QED) is 0.229. The van der Waals surface area contributed by atoms with Gasteiger partial charge in [0.1, 0.15) is 5.75 Å². The second-order valence-electron chi connectivity index (χ2n) is 3.12. The van der Waals surface area contributed by atoms with Crippen molar-refractivity contribution in [3.8, 4) is 5.75 Å². The van der Waals surface area contributed by atoms with Crippen LogP contribution in [0, 0.1) is 6.92 Å². The van der Waals surface area contributed by atoms with Crippen molar-refractivity contribution in [1.29, 1.82) is 0 Å². The highest BCUT2D eigenvalue weighted by Gasteiger charge is 2.10. The summed E-state index contributed by atoms with van der Waals surface area (Å²) < 4.78 is 0. The number of nitrogens with two attached hydrogens (primary N) is 2. The van der Waals surface area contributed by atoms with E-state index in [-0.39, 0.29) is 18.3 Å². The van der Waals surface area contributed by atoms with Crippen molar-refractivity contribution in [2.75, 3.05) is 0 Å². The minimum Gasteiger partial charge on any atom is -0.506 e. The Kier molecular flexibility index (Phi) is 3.65. The zero-order valence-electron chi connectivity index (χ0n) is 8.77. The van der Waals surface area contributed by atoms with E-state index in [4.69, 9.17) is 11.5 Å². The SMILES string of the molecule is Cc1ncc(C=O)c(CNN=C(N)N)c1O. The standard InChI is InChI=1S/C9H13N5O2/c1-5-8(16)7(3-13-14-9(10)11)6(4-15)2-12-5/h2,4,13,16H,3H2,1H3,(H4,10,11,14). The van der Waals surface area contributed by atoms with E-state index < -0.39 is 0 Å². The summed E-state index contributed by atoms with van der Waals surface area (Å²) in [6.07, 6.45) is 1.99. The number of guanidine groups is 1. The lowest BCUT2D eigenvalue weighted by Gasteiger charge is -2.08. The summed E-state index contributed by atoms with van der Waals surface area (Å²) in [4.78, 5) is 14.6. The number of nitrogens with one attached hydrogen (secondary N) is 1. The van der Waals surface area contributed by atoms with Gasteiger partial charge in [-0.2, -0.15) is 0 Å². The molecule has 0 fully saturated rings. The molecule has 0 atom stereocenters. The first-order chi connectivity index (χ1) is 7.56. The fourth-order valence-corrected chi connectivity index (χ4v) is 1.16. The van der Waals surface area contributed by atoms with Crippen molar-refractivity contribution in [3.05, 3.63) is 23.0 Å². The molecule has 1 heterocycles. The van der Waals surface area contributed by atoms with Gasteiger partial charge < -0.3 is 22.0 Å². The van der Waals surface area contributed by atoms with Crippen molar-refractivity contribution < 1.29 is 9.90 Å². The van der Waals surface area contributed by atoms with Crippen LogP contribution in [0.5, 0.6) is 5.75 Å². The molecule has 16 heavy (non-hydrogen) atoms. The molecular formula is C9H13N5O2. The molecule has 0 saturated heterocycles. The van der Waals surface area contributed by atoms with Crippen LogP contribution in [0.2, 0.25) is 0 Å². The van der Waals surface area contributed by atoms with Gasteiger partial charge in [-0.15, -0.1) is 5.10 Å². The van der Waals surface area contributed by atoms with Crippen LogP contribution in [0.1, 0.15) is 21.6 Å². The molecule has 0 aromatic carbocycles. The summed E-state index contributed by atoms with van der Waals surface area (Å²) in [5.74, 6) is -0.166. The molecular weight excluding hydrogens is 210 g/mol. The van der Waals surface area contributed by atoms with Crippen LogP contribution >= 0.6 is 0 Å². The zero-order chi connectivity index (χ0) is 12.1. The summed E-state index contributed by atoms with van der Waals surface area (Å²) in [6, 6.07) is 0. The second-order valence-corrected chi connectivity index (χ2v) is 3.12. The van der Waals surface area contributed by atoms with E-state index in [0.717, 1.165) is 0 Å². The van der Waals surface area contributed by atoms with E-state index in [1.165, 1.54) is 6.20 Å². The maximum atomic E-state index is 10.7. The first-order valence-corrected chi connectivity index (χ1v) is 4.50. The number of carbonyl (C=O) groups is 1. The van der Waals surface area contributed by atoms with E-state index in [1.54, 1.807) is 6.92 Å². The first kappa shape index (κ1) is 11.8. The van der Waals surface area contributed by atoms with E-state index >= 15 is 0 Å². The van der Waals surface area contributed by atoms with Crippen LogP contribution in [0.25, 0.3) is 0 Å². The van der Waals surface area contributed by atoms with Gasteiger partial charge in [-0.25, -0.2) is 0 Å². The number of hydrogen-bond acceptors (Lipinski definition) is 5. The average Bonchev–Trinajstić information content (AvgIpc) is 2.24. The molecule has 7 nitrogen and oxygen atoms in total. The third-order valence-electron chi connectivity index (χ3n) is 1.97. The van der Waals surface area contributed by atoms with Gasteiger partial charge in [0.15, 0.2) is 6.29 Å². The second kappa shape index (κ2) is 4.96. The van der Waals surface area contributed by atoms with Gasteiger partial charge in [0.05, 0.1) is 12.2 Å². The van der Waals surface area contributed by atoms with Crippen molar-refractivity contribution in [2.45, 2.75) is 13.5 Å². The van der Waals surface area contributed by atoms with Gasteiger partial charge in [-0.05, 0) is 6.92 Å². The Balaban J connectivity index is 2.96. The maximum absolute atomic E-state index is 10.7. The molecule has 0 unspecified atom stereocenters. The molecule has 0 radical (unpaired) electrons. The van der Waals surface area contributed by atoms with Crippen LogP contribution in [-0.2, 0) is 6.54 Å². The van der Waals surface area contributed by atoms with E-state index in [0.29, 0.717) is 23.1 Å². The zero-order valence-corrected chi connectivity index (χ0v) is 8.77. The molecule has 7 heteroatoms. The van der Waals surface area contributed by atoms with Gasteiger partial charge in [0.2, 0.25) is 5.96 Å². The van der Waals surface area contributed by atoms with Gasteiger partial charge >= 0.3 is 0 Å². The number of aldehydes is 1. The van der Waals surface area contributed by atoms with Crippen LogP contribution in [0.4, 0.5) is 0 Å². The fourth-order valence-electron chi connectivity index (χ4n) is 1.16. The molecule has 0 spiro atoms. The number of aromatic nitrogens is 1. The van der Waals surface area contributed by atoms with E-state index in [9.17, 15) is 9.90 Å². The number of aryl methyl sites for hydroxylation is 1. The molecule has 1 rings (SSSR count). The third kappa shape index (κ3) is 2.59. The van der Waals surface area contributed by atoms with Crippen molar-refractivity contribution in [2.24, 2.45) is 16.6 Å². The summed E-state index contributed by atoms with van der Waals surface area (Å²) in [6.45, 7) is 1.77. The Bertz CT molecular complexity index is 426. The number of nitrogens with zero attached hydrogens (tertiary/aromatic N) is 2. The monoisotopic (exact) mass is 223 g/mol. The minimum atomic E-state index is -0.127. The Morgan fingerprint density at radius 3 is 2.94 bits per heavy atom. The van der Waals surface area contributed by atoms with Gasteiger partial charge in [-0.3, -0.25) is 9.78 Å². The summed E-state index contributed by atoms with van der Waals surface area (Å²) >= 11 is 0. The van der Waals surface area contributed by atoms with Gasteiger partial charge in [0, 0.05) is 17.3 Å². The van der Waals surface area contributed by atoms with Crippen LogP contribution in [0.3, 0.4) is 0 Å². The molecule has 0 saturated carbocycles.